The molecular formula is C16H34N2O2. The molecule has 0 fully saturated rings. The minimum absolute atomic E-state index is 0.680. The maximum Gasteiger partial charge on any atom is 0.323 e. The van der Waals surface area contributed by atoms with Gasteiger partial charge in [-0.1, -0.05) is 34.1 Å². The summed E-state index contributed by atoms with van der Waals surface area (Å²) in [5.74, 6) is -0.0325. The zero-order chi connectivity index (χ0) is 15.6. The van der Waals surface area contributed by atoms with Crippen LogP contribution in [0.4, 0.5) is 0 Å². The zero-order valence-electron chi connectivity index (χ0n) is 14.0. The third-order valence-corrected chi connectivity index (χ3v) is 4.10. The van der Waals surface area contributed by atoms with Gasteiger partial charge >= 0.3 is 5.97 Å². The van der Waals surface area contributed by atoms with Crippen LogP contribution in [-0.2, 0) is 4.79 Å². The van der Waals surface area contributed by atoms with Crippen molar-refractivity contribution >= 4 is 5.97 Å². The van der Waals surface area contributed by atoms with E-state index in [0.717, 1.165) is 39.0 Å². The van der Waals surface area contributed by atoms with Gasteiger partial charge in [0.15, 0.2) is 0 Å². The minimum Gasteiger partial charge on any atom is -0.480 e. The Labute approximate surface area is 124 Å². The lowest BCUT2D eigenvalue weighted by Gasteiger charge is -2.29. The second-order valence-electron chi connectivity index (χ2n) is 6.07. The molecule has 0 aromatic rings. The van der Waals surface area contributed by atoms with Crippen LogP contribution >= 0.6 is 0 Å². The Hall–Kier alpha value is -0.610. The Morgan fingerprint density at radius 2 is 2.00 bits per heavy atom. The molecule has 120 valence electrons. The topological polar surface area (TPSA) is 52.6 Å². The van der Waals surface area contributed by atoms with Crippen LogP contribution in [0.5, 0.6) is 0 Å². The normalized spacial score (nSPS) is 16.1. The number of hydrogen-bond donors (Lipinski definition) is 2. The van der Waals surface area contributed by atoms with Gasteiger partial charge in [-0.15, -0.1) is 0 Å². The molecule has 0 saturated carbocycles. The molecule has 0 heterocycles. The fraction of sp³-hybridized carbons (Fsp3) is 0.938. The first kappa shape index (κ1) is 19.4. The predicted octanol–water partition coefficient (Wildman–Crippen LogP) is 2.98. The van der Waals surface area contributed by atoms with Gasteiger partial charge in [-0.25, -0.2) is 0 Å². The van der Waals surface area contributed by atoms with Crippen LogP contribution in [0, 0.1) is 5.92 Å². The van der Waals surface area contributed by atoms with Gasteiger partial charge in [0.1, 0.15) is 5.54 Å². The monoisotopic (exact) mass is 286 g/mol. The standard InChI is InChI=1S/C16H34N2O2/c1-6-11-17-16(5,15(19)20)10-9-12-18(8-3)13-14(4)7-2/h14,17H,6-13H2,1-5H3,(H,19,20). The first-order valence-electron chi connectivity index (χ1n) is 8.10. The van der Waals surface area contributed by atoms with Crippen molar-refractivity contribution in [1.29, 1.82) is 0 Å². The molecule has 4 heteroatoms. The Bertz CT molecular complexity index is 271. The van der Waals surface area contributed by atoms with Crippen LogP contribution in [0.25, 0.3) is 0 Å². The van der Waals surface area contributed by atoms with Gasteiger partial charge in [0, 0.05) is 6.54 Å². The van der Waals surface area contributed by atoms with Crippen molar-refractivity contribution in [3.63, 3.8) is 0 Å². The highest BCUT2D eigenvalue weighted by molar-refractivity contribution is 5.78. The van der Waals surface area contributed by atoms with Crippen molar-refractivity contribution < 1.29 is 9.90 Å². The first-order chi connectivity index (χ1) is 9.39. The van der Waals surface area contributed by atoms with Crippen molar-refractivity contribution in [2.45, 2.75) is 65.8 Å². The molecule has 0 aromatic carbocycles. The van der Waals surface area contributed by atoms with E-state index in [1.54, 1.807) is 6.92 Å². The maximum atomic E-state index is 11.4. The van der Waals surface area contributed by atoms with Gasteiger partial charge in [-0.2, -0.15) is 0 Å². The molecule has 0 spiro atoms. The fourth-order valence-electron chi connectivity index (χ4n) is 2.28. The van der Waals surface area contributed by atoms with Crippen LogP contribution in [0.3, 0.4) is 0 Å². The Kier molecular flexibility index (Phi) is 9.86. The van der Waals surface area contributed by atoms with E-state index < -0.39 is 11.5 Å². The zero-order valence-corrected chi connectivity index (χ0v) is 14.0. The number of nitrogens with one attached hydrogen (secondary N) is 1. The number of hydrogen-bond acceptors (Lipinski definition) is 3. The molecule has 2 N–H and O–H groups in total. The van der Waals surface area contributed by atoms with Crippen molar-refractivity contribution in [2.75, 3.05) is 26.2 Å². The molecule has 2 atom stereocenters. The van der Waals surface area contributed by atoms with E-state index in [1.165, 1.54) is 6.42 Å². The predicted molar refractivity (Wildman–Crippen MR) is 85.1 cm³/mol. The molecule has 0 aliphatic heterocycles. The summed E-state index contributed by atoms with van der Waals surface area (Å²) in [6, 6.07) is 0. The molecule has 4 nitrogen and oxygen atoms in total. The van der Waals surface area contributed by atoms with Gasteiger partial charge in [0.05, 0.1) is 0 Å². The van der Waals surface area contributed by atoms with E-state index >= 15 is 0 Å². The molecule has 0 radical (unpaired) electrons. The third kappa shape index (κ3) is 7.25. The molecular weight excluding hydrogens is 252 g/mol. The smallest absolute Gasteiger partial charge is 0.323 e. The molecule has 2 unspecified atom stereocenters. The lowest BCUT2D eigenvalue weighted by molar-refractivity contribution is -0.144. The van der Waals surface area contributed by atoms with Crippen LogP contribution in [-0.4, -0.2) is 47.7 Å². The van der Waals surface area contributed by atoms with Gasteiger partial charge < -0.3 is 15.3 Å². The highest BCUT2D eigenvalue weighted by Crippen LogP contribution is 2.14. The SMILES string of the molecule is CCCNC(C)(CCCN(CC)CC(C)CC)C(=O)O. The lowest BCUT2D eigenvalue weighted by atomic mass is 9.95. The highest BCUT2D eigenvalue weighted by Gasteiger charge is 2.31. The molecule has 0 aliphatic rings. The van der Waals surface area contributed by atoms with Crippen molar-refractivity contribution in [1.82, 2.24) is 10.2 Å². The third-order valence-electron chi connectivity index (χ3n) is 4.10. The maximum absolute atomic E-state index is 11.4. The van der Waals surface area contributed by atoms with E-state index in [2.05, 4.69) is 37.9 Å². The second-order valence-corrected chi connectivity index (χ2v) is 6.07. The summed E-state index contributed by atoms with van der Waals surface area (Å²) in [4.78, 5) is 13.8. The summed E-state index contributed by atoms with van der Waals surface area (Å²) >= 11 is 0. The average Bonchev–Trinajstić information content (AvgIpc) is 2.43. The second kappa shape index (κ2) is 10.2. The average molecular weight is 286 g/mol. The Morgan fingerprint density at radius 1 is 1.35 bits per heavy atom. The number of aliphatic carboxylic acids is 1. The van der Waals surface area contributed by atoms with E-state index in [4.69, 9.17) is 0 Å². The molecule has 0 amide bonds. The summed E-state index contributed by atoms with van der Waals surface area (Å²) in [6.45, 7) is 14.4. The van der Waals surface area contributed by atoms with E-state index in [9.17, 15) is 9.90 Å². The van der Waals surface area contributed by atoms with E-state index in [-0.39, 0.29) is 0 Å². The summed E-state index contributed by atoms with van der Waals surface area (Å²) < 4.78 is 0. The molecule has 0 saturated heterocycles. The van der Waals surface area contributed by atoms with Gasteiger partial charge in [-0.05, 0) is 51.7 Å². The lowest BCUT2D eigenvalue weighted by Crippen LogP contribution is -2.50. The van der Waals surface area contributed by atoms with Crippen LogP contribution in [0.2, 0.25) is 0 Å². The van der Waals surface area contributed by atoms with E-state index in [1.807, 2.05) is 0 Å². The number of carbonyl (C=O) groups is 1. The Balaban J connectivity index is 4.24. The van der Waals surface area contributed by atoms with Crippen LogP contribution in [0.15, 0.2) is 0 Å². The first-order valence-corrected chi connectivity index (χ1v) is 8.10. The molecule has 20 heavy (non-hydrogen) atoms. The number of carboxylic acids is 1. The highest BCUT2D eigenvalue weighted by atomic mass is 16.4. The Morgan fingerprint density at radius 3 is 2.45 bits per heavy atom. The summed E-state index contributed by atoms with van der Waals surface area (Å²) in [5.41, 5.74) is -0.786. The van der Waals surface area contributed by atoms with Crippen molar-refractivity contribution in [3.05, 3.63) is 0 Å². The van der Waals surface area contributed by atoms with Crippen molar-refractivity contribution in [3.8, 4) is 0 Å². The largest absolute Gasteiger partial charge is 0.480 e. The van der Waals surface area contributed by atoms with E-state index in [0.29, 0.717) is 12.3 Å². The van der Waals surface area contributed by atoms with Crippen molar-refractivity contribution in [2.24, 2.45) is 5.92 Å². The summed E-state index contributed by atoms with van der Waals surface area (Å²) in [6.07, 6.45) is 3.75. The molecule has 0 bridgehead atoms. The molecule has 0 aromatic heterocycles. The molecule has 0 rings (SSSR count). The molecule has 0 aliphatic carbocycles. The minimum atomic E-state index is -0.786. The quantitative estimate of drug-likeness (QED) is 0.579. The van der Waals surface area contributed by atoms with Gasteiger partial charge in [0.2, 0.25) is 0 Å². The summed E-state index contributed by atoms with van der Waals surface area (Å²) in [5, 5.41) is 12.6. The number of carboxylic acid groups (broad SMARTS) is 1. The van der Waals surface area contributed by atoms with Gasteiger partial charge in [-0.3, -0.25) is 4.79 Å². The fourth-order valence-corrected chi connectivity index (χ4v) is 2.28. The van der Waals surface area contributed by atoms with Crippen LogP contribution < -0.4 is 5.32 Å². The number of nitrogens with zero attached hydrogens (tertiary/aromatic N) is 1. The number of rotatable bonds is 12. The van der Waals surface area contributed by atoms with Crippen LogP contribution in [0.1, 0.15) is 60.3 Å². The summed E-state index contributed by atoms with van der Waals surface area (Å²) in [7, 11) is 0. The van der Waals surface area contributed by atoms with Gasteiger partial charge in [0.25, 0.3) is 0 Å².